The van der Waals surface area contributed by atoms with Gasteiger partial charge in [-0.15, -0.1) is 0 Å². The highest BCUT2D eigenvalue weighted by Gasteiger charge is 2.11. The third kappa shape index (κ3) is 13.1. The summed E-state index contributed by atoms with van der Waals surface area (Å²) >= 11 is 0. The molecular formula is C23H37NO7. The Morgan fingerprint density at radius 3 is 2.32 bits per heavy atom. The minimum absolute atomic E-state index is 0.133. The maximum absolute atomic E-state index is 12.1. The van der Waals surface area contributed by atoms with Crippen molar-refractivity contribution in [2.75, 3.05) is 59.9 Å². The number of amides is 1. The van der Waals surface area contributed by atoms with E-state index in [4.69, 9.17) is 24.1 Å². The Morgan fingerprint density at radius 2 is 1.71 bits per heavy atom. The summed E-state index contributed by atoms with van der Waals surface area (Å²) in [6.45, 7) is 7.46. The summed E-state index contributed by atoms with van der Waals surface area (Å²) in [6, 6.07) is 7.60. The van der Waals surface area contributed by atoms with E-state index >= 15 is 0 Å². The second-order valence-corrected chi connectivity index (χ2v) is 7.01. The summed E-state index contributed by atoms with van der Waals surface area (Å²) in [7, 11) is 1.63. The number of hydrogen-bond acceptors (Lipinski definition) is 7. The van der Waals surface area contributed by atoms with Crippen LogP contribution >= 0.6 is 0 Å². The van der Waals surface area contributed by atoms with Gasteiger partial charge in [0.05, 0.1) is 45.7 Å². The summed E-state index contributed by atoms with van der Waals surface area (Å²) in [5, 5.41) is 18.3. The van der Waals surface area contributed by atoms with Crippen LogP contribution < -0.4 is 4.74 Å². The SMILES string of the molecule is C=CC(=O)N(CCCCC(O)CO)Cc1ccc(OCCOCCOCCOC)cc1. The maximum atomic E-state index is 12.1. The number of aliphatic hydroxyl groups excluding tert-OH is 2. The lowest BCUT2D eigenvalue weighted by Crippen LogP contribution is -2.30. The molecule has 1 amide bonds. The van der Waals surface area contributed by atoms with E-state index in [1.807, 2.05) is 24.3 Å². The van der Waals surface area contributed by atoms with Gasteiger partial charge in [0.2, 0.25) is 5.91 Å². The van der Waals surface area contributed by atoms with Crippen LogP contribution in [0.3, 0.4) is 0 Å². The third-order valence-electron chi connectivity index (χ3n) is 4.51. The normalized spacial score (nSPS) is 11.8. The van der Waals surface area contributed by atoms with Crippen molar-refractivity contribution in [2.24, 2.45) is 0 Å². The minimum Gasteiger partial charge on any atom is -0.491 e. The molecule has 0 aliphatic carbocycles. The van der Waals surface area contributed by atoms with Crippen molar-refractivity contribution in [1.82, 2.24) is 4.90 Å². The molecule has 0 spiro atoms. The van der Waals surface area contributed by atoms with E-state index in [9.17, 15) is 9.90 Å². The molecule has 176 valence electrons. The highest BCUT2D eigenvalue weighted by Crippen LogP contribution is 2.15. The van der Waals surface area contributed by atoms with Crippen molar-refractivity contribution in [3.05, 3.63) is 42.5 Å². The van der Waals surface area contributed by atoms with Crippen molar-refractivity contribution in [3.8, 4) is 5.75 Å². The first kappa shape index (κ1) is 27.1. The molecule has 0 radical (unpaired) electrons. The van der Waals surface area contributed by atoms with Crippen molar-refractivity contribution < 1.29 is 34.0 Å². The quantitative estimate of drug-likeness (QED) is 0.250. The van der Waals surface area contributed by atoms with Crippen LogP contribution in [0.25, 0.3) is 0 Å². The number of carbonyl (C=O) groups is 1. The van der Waals surface area contributed by atoms with Crippen LogP contribution in [0.4, 0.5) is 0 Å². The molecule has 1 atom stereocenters. The van der Waals surface area contributed by atoms with E-state index in [1.54, 1.807) is 12.0 Å². The Morgan fingerprint density at radius 1 is 1.06 bits per heavy atom. The molecule has 8 nitrogen and oxygen atoms in total. The van der Waals surface area contributed by atoms with Crippen LogP contribution in [0, 0.1) is 0 Å². The van der Waals surface area contributed by atoms with E-state index < -0.39 is 6.10 Å². The fraction of sp³-hybridized carbons (Fsp3) is 0.609. The molecule has 0 aliphatic heterocycles. The predicted molar refractivity (Wildman–Crippen MR) is 118 cm³/mol. The zero-order valence-electron chi connectivity index (χ0n) is 18.5. The molecule has 0 bridgehead atoms. The molecule has 8 heteroatoms. The van der Waals surface area contributed by atoms with Gasteiger partial charge >= 0.3 is 0 Å². The molecule has 1 aromatic rings. The molecule has 0 saturated carbocycles. The third-order valence-corrected chi connectivity index (χ3v) is 4.51. The van der Waals surface area contributed by atoms with Crippen LogP contribution in [0.1, 0.15) is 24.8 Å². The van der Waals surface area contributed by atoms with Gasteiger partial charge in [0, 0.05) is 20.2 Å². The number of nitrogens with zero attached hydrogens (tertiary/aromatic N) is 1. The monoisotopic (exact) mass is 439 g/mol. The summed E-state index contributed by atoms with van der Waals surface area (Å²) in [5.74, 6) is 0.606. The van der Waals surface area contributed by atoms with Crippen LogP contribution in [0.15, 0.2) is 36.9 Å². The topological polar surface area (TPSA) is 97.7 Å². The van der Waals surface area contributed by atoms with E-state index in [0.717, 1.165) is 24.2 Å². The van der Waals surface area contributed by atoms with Crippen LogP contribution in [0.2, 0.25) is 0 Å². The Hall–Kier alpha value is -1.97. The smallest absolute Gasteiger partial charge is 0.246 e. The highest BCUT2D eigenvalue weighted by molar-refractivity contribution is 5.86. The molecular weight excluding hydrogens is 402 g/mol. The molecule has 0 heterocycles. The van der Waals surface area contributed by atoms with Crippen molar-refractivity contribution in [2.45, 2.75) is 31.9 Å². The molecule has 2 N–H and O–H groups in total. The molecule has 0 aromatic heterocycles. The minimum atomic E-state index is -0.698. The summed E-state index contributed by atoms with van der Waals surface area (Å²) < 4.78 is 21.3. The first-order chi connectivity index (χ1) is 15.1. The van der Waals surface area contributed by atoms with E-state index in [2.05, 4.69) is 6.58 Å². The largest absolute Gasteiger partial charge is 0.491 e. The van der Waals surface area contributed by atoms with Crippen molar-refractivity contribution >= 4 is 5.91 Å². The number of ether oxygens (including phenoxy) is 4. The van der Waals surface area contributed by atoms with Gasteiger partial charge in [-0.05, 0) is 43.0 Å². The standard InChI is InChI=1S/C23H37NO7/c1-3-23(27)24(11-5-4-6-21(26)19-25)18-20-7-9-22(10-8-20)31-17-16-30-15-14-29-13-12-28-2/h3,7-10,21,25-26H,1,4-6,11-19H2,2H3. The maximum Gasteiger partial charge on any atom is 0.246 e. The molecule has 0 aliphatic rings. The van der Waals surface area contributed by atoms with Gasteiger partial charge in [-0.1, -0.05) is 18.7 Å². The molecule has 1 unspecified atom stereocenters. The average molecular weight is 440 g/mol. The Bertz CT molecular complexity index is 594. The number of methoxy groups -OCH3 is 1. The summed E-state index contributed by atoms with van der Waals surface area (Å²) in [6.07, 6.45) is 2.61. The van der Waals surface area contributed by atoms with E-state index in [-0.39, 0.29) is 12.5 Å². The second-order valence-electron chi connectivity index (χ2n) is 7.01. The van der Waals surface area contributed by atoms with Crippen molar-refractivity contribution in [3.63, 3.8) is 0 Å². The fourth-order valence-electron chi connectivity index (χ4n) is 2.76. The Labute approximate surface area is 185 Å². The number of carbonyl (C=O) groups excluding carboxylic acids is 1. The highest BCUT2D eigenvalue weighted by atomic mass is 16.6. The number of hydrogen-bond donors (Lipinski definition) is 2. The van der Waals surface area contributed by atoms with Gasteiger partial charge in [-0.3, -0.25) is 4.79 Å². The second kappa shape index (κ2) is 17.7. The first-order valence-corrected chi connectivity index (χ1v) is 10.7. The zero-order chi connectivity index (χ0) is 22.7. The number of rotatable bonds is 19. The molecule has 1 rings (SSSR count). The molecule has 0 fully saturated rings. The first-order valence-electron chi connectivity index (χ1n) is 10.7. The van der Waals surface area contributed by atoms with E-state index in [0.29, 0.717) is 59.2 Å². The lowest BCUT2D eigenvalue weighted by molar-refractivity contribution is -0.126. The van der Waals surface area contributed by atoms with Gasteiger partial charge in [0.15, 0.2) is 0 Å². The number of benzene rings is 1. The Balaban J connectivity index is 2.30. The summed E-state index contributed by atoms with van der Waals surface area (Å²) in [5.41, 5.74) is 0.988. The fourth-order valence-corrected chi connectivity index (χ4v) is 2.76. The lowest BCUT2D eigenvalue weighted by atomic mass is 10.1. The van der Waals surface area contributed by atoms with Gasteiger partial charge in [0.25, 0.3) is 0 Å². The van der Waals surface area contributed by atoms with Gasteiger partial charge < -0.3 is 34.1 Å². The van der Waals surface area contributed by atoms with Gasteiger partial charge in [-0.25, -0.2) is 0 Å². The van der Waals surface area contributed by atoms with Crippen LogP contribution in [0.5, 0.6) is 5.75 Å². The van der Waals surface area contributed by atoms with Crippen LogP contribution in [-0.4, -0.2) is 87.0 Å². The van der Waals surface area contributed by atoms with Gasteiger partial charge in [0.1, 0.15) is 12.4 Å². The molecule has 0 saturated heterocycles. The van der Waals surface area contributed by atoms with Crippen LogP contribution in [-0.2, 0) is 25.5 Å². The predicted octanol–water partition coefficient (Wildman–Crippen LogP) is 1.78. The van der Waals surface area contributed by atoms with Crippen molar-refractivity contribution in [1.29, 1.82) is 0 Å². The Kier molecular flexibility index (Phi) is 15.4. The lowest BCUT2D eigenvalue weighted by Gasteiger charge is -2.21. The average Bonchev–Trinajstić information content (AvgIpc) is 2.80. The molecule has 31 heavy (non-hydrogen) atoms. The molecule has 1 aromatic carbocycles. The van der Waals surface area contributed by atoms with Gasteiger partial charge in [-0.2, -0.15) is 0 Å². The summed E-state index contributed by atoms with van der Waals surface area (Å²) in [4.78, 5) is 13.9. The zero-order valence-corrected chi connectivity index (χ0v) is 18.5. The number of aliphatic hydroxyl groups is 2. The number of unbranched alkanes of at least 4 members (excludes halogenated alkanes) is 1. The van der Waals surface area contributed by atoms with E-state index in [1.165, 1.54) is 6.08 Å².